The van der Waals surface area contributed by atoms with E-state index in [4.69, 9.17) is 0 Å². The van der Waals surface area contributed by atoms with Gasteiger partial charge >= 0.3 is 0 Å². The summed E-state index contributed by atoms with van der Waals surface area (Å²) in [6.07, 6.45) is 6.90. The minimum Gasteiger partial charge on any atom is -0.347 e. The molecule has 0 radical (unpaired) electrons. The SMILES string of the molecule is CN[C@@H](C)C(=O)N[C@H](C(=O)N1Cc2cc(C(=O)NCc3ccc(C(=O)N[C@H]4C[C@@H](C(=O)N[C@@H]5CCCc6ccccc65)N(C(=O)[C@@H](NC(=O)[C@H](C)NC)C(C)(C)C)C4)cn3)ccc2C[C@H]1C(=O)N[C@@H]1CCCc2ccccc21)C(C)(C)C. The van der Waals surface area contributed by atoms with Crippen LogP contribution in [0.25, 0.3) is 0 Å². The number of nitrogens with one attached hydrogen (secondary N) is 8. The Morgan fingerprint density at radius 2 is 1.12 bits per heavy atom. The van der Waals surface area contributed by atoms with Crippen LogP contribution in [0.3, 0.4) is 0 Å². The molecule has 2 aliphatic carbocycles. The predicted molar refractivity (Wildman–Crippen MR) is 312 cm³/mol. The highest BCUT2D eigenvalue weighted by molar-refractivity contribution is 5.98. The summed E-state index contributed by atoms with van der Waals surface area (Å²) in [5.74, 6) is -3.03. The molecule has 1 aromatic heterocycles. The Morgan fingerprint density at radius 3 is 1.65 bits per heavy atom. The predicted octanol–water partition coefficient (Wildman–Crippen LogP) is 4.63. The van der Waals surface area contributed by atoms with Gasteiger partial charge in [-0.05, 0) is 141 Å². The van der Waals surface area contributed by atoms with Crippen LogP contribution in [-0.4, -0.2) is 125 Å². The van der Waals surface area contributed by atoms with Gasteiger partial charge in [-0.15, -0.1) is 0 Å². The van der Waals surface area contributed by atoms with E-state index in [0.29, 0.717) is 16.8 Å². The largest absolute Gasteiger partial charge is 0.347 e. The summed E-state index contributed by atoms with van der Waals surface area (Å²) >= 11 is 0. The van der Waals surface area contributed by atoms with Gasteiger partial charge in [0.15, 0.2) is 0 Å². The molecule has 19 heteroatoms. The molecule has 0 unspecified atom stereocenters. The van der Waals surface area contributed by atoms with Gasteiger partial charge in [0.05, 0.1) is 42.0 Å². The van der Waals surface area contributed by atoms with Crippen molar-refractivity contribution in [3.05, 3.63) is 135 Å². The number of fused-ring (bicyclic) bond motifs is 3. The first kappa shape index (κ1) is 60.6. The number of hydrogen-bond donors (Lipinski definition) is 8. The number of likely N-dealkylation sites (tertiary alicyclic amines) is 1. The van der Waals surface area contributed by atoms with Crippen molar-refractivity contribution in [3.8, 4) is 0 Å². The Labute approximate surface area is 482 Å². The van der Waals surface area contributed by atoms with Crippen molar-refractivity contribution < 1.29 is 38.4 Å². The second kappa shape index (κ2) is 25.7. The highest BCUT2D eigenvalue weighted by atomic mass is 16.2. The first-order valence-corrected chi connectivity index (χ1v) is 28.9. The zero-order valence-electron chi connectivity index (χ0n) is 49.2. The molecule has 3 heterocycles. The molecule has 8 rings (SSSR count). The third-order valence-corrected chi connectivity index (χ3v) is 16.7. The quantitative estimate of drug-likeness (QED) is 0.0724. The monoisotopic (exact) mass is 1120 g/mol. The van der Waals surface area contributed by atoms with Crippen LogP contribution >= 0.6 is 0 Å². The summed E-state index contributed by atoms with van der Waals surface area (Å²) < 4.78 is 0. The van der Waals surface area contributed by atoms with Gasteiger partial charge in [0.2, 0.25) is 35.4 Å². The summed E-state index contributed by atoms with van der Waals surface area (Å²) in [4.78, 5) is 120. The Bertz CT molecular complexity index is 3040. The molecule has 19 nitrogen and oxygen atoms in total. The number of carbonyl (C=O) groups is 8. The minimum atomic E-state index is -0.972. The number of rotatable bonds is 17. The maximum absolute atomic E-state index is 14.9. The molecule has 0 spiro atoms. The fraction of sp³-hybridized carbons (Fsp3) is 0.508. The van der Waals surface area contributed by atoms with Crippen molar-refractivity contribution in [1.29, 1.82) is 0 Å². The fourth-order valence-corrected chi connectivity index (χ4v) is 11.6. The lowest BCUT2D eigenvalue weighted by atomic mass is 9.83. The van der Waals surface area contributed by atoms with Crippen molar-refractivity contribution in [1.82, 2.24) is 57.3 Å². The van der Waals surface area contributed by atoms with Gasteiger partial charge in [-0.3, -0.25) is 43.3 Å². The Morgan fingerprint density at radius 1 is 0.598 bits per heavy atom. The lowest BCUT2D eigenvalue weighted by Crippen LogP contribution is -2.62. The van der Waals surface area contributed by atoms with Crippen LogP contribution in [0.2, 0.25) is 0 Å². The molecule has 9 atom stereocenters. The van der Waals surface area contributed by atoms with Crippen LogP contribution in [0.5, 0.6) is 0 Å². The lowest BCUT2D eigenvalue weighted by molar-refractivity contribution is -0.147. The van der Waals surface area contributed by atoms with Gasteiger partial charge in [0, 0.05) is 37.3 Å². The second-order valence-corrected chi connectivity index (χ2v) is 24.7. The van der Waals surface area contributed by atoms with Gasteiger partial charge in [0.25, 0.3) is 11.8 Å². The standard InChI is InChI=1S/C63H83N11O8/c1-36(64-9)54(75)71-52(62(3,4)5)60(81)73-34-43-29-41(26-25-40(43)30-50(73)58(79)69-48-23-15-19-38-17-11-13-21-46(38)48)56(77)67-33-44-28-27-42(32-66-44)57(78)68-45-31-51(59(80)70-49-24-16-20-39-18-12-14-22-47(39)49)74(35-45)61(82)53(63(6,7)8)72-55(76)37(2)65-10/h11-14,17-18,21-22,25-29,32,36-37,45,48-53,64-65H,15-16,19-20,23-24,30-31,33-35H2,1-10H3,(H,67,77)(H,68,78)(H,69,79)(H,70,80)(H,71,75)(H,72,76)/t36-,37-,45-,48+,49+,50-,51-,52+,53+/m0/s1. The number of carbonyl (C=O) groups excluding carboxylic acids is 8. The average molecular weight is 1120 g/mol. The van der Waals surface area contributed by atoms with Crippen molar-refractivity contribution >= 4 is 47.3 Å². The molecular formula is C63H83N11O8. The molecule has 8 N–H and O–H groups in total. The normalized spacial score (nSPS) is 21.0. The molecule has 82 heavy (non-hydrogen) atoms. The molecule has 0 bridgehead atoms. The van der Waals surface area contributed by atoms with E-state index >= 15 is 0 Å². The van der Waals surface area contributed by atoms with E-state index in [1.807, 2.05) is 84.0 Å². The third kappa shape index (κ3) is 14.0. The van der Waals surface area contributed by atoms with E-state index in [9.17, 15) is 38.4 Å². The van der Waals surface area contributed by atoms with Crippen LogP contribution < -0.4 is 42.5 Å². The summed E-state index contributed by atoms with van der Waals surface area (Å²) in [6.45, 7) is 14.7. The molecule has 1 fully saturated rings. The van der Waals surface area contributed by atoms with E-state index in [1.54, 1.807) is 57.1 Å². The van der Waals surface area contributed by atoms with Crippen LogP contribution in [0.4, 0.5) is 0 Å². The van der Waals surface area contributed by atoms with E-state index in [-0.39, 0.29) is 73.8 Å². The summed E-state index contributed by atoms with van der Waals surface area (Å²) in [6, 6.07) is 18.6. The van der Waals surface area contributed by atoms with Crippen molar-refractivity contribution in [2.45, 2.75) is 174 Å². The number of likely N-dealkylation sites (N-methyl/N-ethyl adjacent to an activating group) is 2. The molecule has 8 amide bonds. The molecule has 4 aromatic rings. The molecule has 3 aromatic carbocycles. The van der Waals surface area contributed by atoms with Gasteiger partial charge in [-0.1, -0.05) is 96.1 Å². The third-order valence-electron chi connectivity index (χ3n) is 16.7. The fourth-order valence-electron chi connectivity index (χ4n) is 11.6. The summed E-state index contributed by atoms with van der Waals surface area (Å²) in [5.41, 5.74) is 5.57. The Kier molecular flexibility index (Phi) is 19.0. The average Bonchev–Trinajstić information content (AvgIpc) is 3.36. The first-order valence-electron chi connectivity index (χ1n) is 28.9. The van der Waals surface area contributed by atoms with Crippen molar-refractivity contribution in [2.24, 2.45) is 10.8 Å². The van der Waals surface area contributed by atoms with Crippen molar-refractivity contribution in [2.75, 3.05) is 20.6 Å². The van der Waals surface area contributed by atoms with Crippen LogP contribution in [0.1, 0.15) is 159 Å². The highest BCUT2D eigenvalue weighted by Gasteiger charge is 2.47. The number of nitrogens with zero attached hydrogens (tertiary/aromatic N) is 3. The molecule has 1 saturated heterocycles. The molecular weight excluding hydrogens is 1040 g/mol. The topological polar surface area (TPSA) is 252 Å². The minimum absolute atomic E-state index is 0.0213. The number of aromatic nitrogens is 1. The Hall–Kier alpha value is -7.51. The summed E-state index contributed by atoms with van der Waals surface area (Å²) in [7, 11) is 3.33. The van der Waals surface area contributed by atoms with Crippen molar-refractivity contribution in [3.63, 3.8) is 0 Å². The molecule has 2 aliphatic heterocycles. The molecule has 4 aliphatic rings. The molecule has 438 valence electrons. The zero-order chi connectivity index (χ0) is 59.2. The van der Waals surface area contributed by atoms with Crippen LogP contribution in [0.15, 0.2) is 85.1 Å². The number of pyridine rings is 1. The van der Waals surface area contributed by atoms with E-state index in [2.05, 4.69) is 59.7 Å². The number of aryl methyl sites for hydroxylation is 2. The lowest BCUT2D eigenvalue weighted by Gasteiger charge is -2.42. The van der Waals surface area contributed by atoms with Gasteiger partial charge in [-0.2, -0.15) is 0 Å². The second-order valence-electron chi connectivity index (χ2n) is 24.7. The summed E-state index contributed by atoms with van der Waals surface area (Å²) in [5, 5.41) is 24.2. The van der Waals surface area contributed by atoms with Crippen LogP contribution in [0, 0.1) is 10.8 Å². The van der Waals surface area contributed by atoms with E-state index in [0.717, 1.165) is 55.2 Å². The maximum Gasteiger partial charge on any atom is 0.253 e. The van der Waals surface area contributed by atoms with Gasteiger partial charge in [-0.25, -0.2) is 0 Å². The van der Waals surface area contributed by atoms with Crippen LogP contribution in [-0.2, 0) is 61.1 Å². The number of benzene rings is 3. The van der Waals surface area contributed by atoms with E-state index < -0.39 is 76.8 Å². The first-order chi connectivity index (χ1) is 38.9. The van der Waals surface area contributed by atoms with Gasteiger partial charge < -0.3 is 52.3 Å². The Balaban J connectivity index is 0.945. The smallest absolute Gasteiger partial charge is 0.253 e. The number of amides is 8. The zero-order valence-corrected chi connectivity index (χ0v) is 49.2. The van der Waals surface area contributed by atoms with E-state index in [1.165, 1.54) is 22.2 Å². The number of hydrogen-bond acceptors (Lipinski definition) is 11. The highest BCUT2D eigenvalue weighted by Crippen LogP contribution is 2.34. The van der Waals surface area contributed by atoms with Gasteiger partial charge in [0.1, 0.15) is 24.2 Å². The maximum atomic E-state index is 14.9. The molecule has 0 saturated carbocycles.